The van der Waals surface area contributed by atoms with E-state index in [-0.39, 0.29) is 5.60 Å². The second-order valence-corrected chi connectivity index (χ2v) is 5.57. The Balaban J connectivity index is 2.32. The summed E-state index contributed by atoms with van der Waals surface area (Å²) < 4.78 is 5.95. The molecule has 1 aliphatic heterocycles. The van der Waals surface area contributed by atoms with E-state index >= 15 is 0 Å². The van der Waals surface area contributed by atoms with Gasteiger partial charge < -0.3 is 10.1 Å². The number of ether oxygens (including phenoxy) is 1. The zero-order valence-electron chi connectivity index (χ0n) is 12.5. The highest BCUT2D eigenvalue weighted by Crippen LogP contribution is 2.33. The van der Waals surface area contributed by atoms with E-state index in [1.165, 1.54) is 6.42 Å². The molecule has 0 radical (unpaired) electrons. The van der Waals surface area contributed by atoms with Crippen LogP contribution in [0, 0.1) is 13.8 Å². The Bertz CT molecular complexity index is 439. The van der Waals surface area contributed by atoms with E-state index in [9.17, 15) is 0 Å². The number of hydrogen-bond acceptors (Lipinski definition) is 4. The molecular weight excluding hydrogens is 238 g/mol. The summed E-state index contributed by atoms with van der Waals surface area (Å²) in [6.07, 6.45) is 4.42. The Morgan fingerprint density at radius 1 is 1.26 bits per heavy atom. The van der Waals surface area contributed by atoms with Crippen molar-refractivity contribution in [2.45, 2.75) is 59.0 Å². The molecule has 4 heteroatoms. The molecule has 1 N–H and O–H groups in total. The molecule has 106 valence electrons. The third-order valence-corrected chi connectivity index (χ3v) is 3.87. The summed E-state index contributed by atoms with van der Waals surface area (Å²) in [5, 5.41) is 3.39. The standard InChI is InChI=1S/C15H25N3O/c1-5-9-16-13-11(2)12(3)17-14(18-13)15(4)8-6-7-10-19-15/h5-10H2,1-4H3,(H,16,17,18). The molecule has 0 bridgehead atoms. The van der Waals surface area contributed by atoms with Crippen LogP contribution in [-0.4, -0.2) is 23.1 Å². The van der Waals surface area contributed by atoms with E-state index in [1.54, 1.807) is 0 Å². The number of anilines is 1. The van der Waals surface area contributed by atoms with Crippen molar-refractivity contribution < 1.29 is 4.74 Å². The van der Waals surface area contributed by atoms with Gasteiger partial charge in [0, 0.05) is 24.4 Å². The van der Waals surface area contributed by atoms with Gasteiger partial charge in [-0.3, -0.25) is 0 Å². The van der Waals surface area contributed by atoms with Crippen LogP contribution in [0.4, 0.5) is 5.82 Å². The average Bonchev–Trinajstić information content (AvgIpc) is 2.41. The lowest BCUT2D eigenvalue weighted by Crippen LogP contribution is -2.33. The second kappa shape index (κ2) is 5.87. The van der Waals surface area contributed by atoms with Crippen LogP contribution in [0.5, 0.6) is 0 Å². The van der Waals surface area contributed by atoms with Crippen LogP contribution in [0.25, 0.3) is 0 Å². The summed E-state index contributed by atoms with van der Waals surface area (Å²) in [5.74, 6) is 1.79. The first kappa shape index (κ1) is 14.3. The lowest BCUT2D eigenvalue weighted by atomic mass is 9.95. The van der Waals surface area contributed by atoms with Gasteiger partial charge in [-0.05, 0) is 46.5 Å². The van der Waals surface area contributed by atoms with Crippen LogP contribution in [-0.2, 0) is 10.3 Å². The largest absolute Gasteiger partial charge is 0.370 e. The molecule has 4 nitrogen and oxygen atoms in total. The van der Waals surface area contributed by atoms with Crippen LogP contribution >= 0.6 is 0 Å². The fraction of sp³-hybridized carbons (Fsp3) is 0.733. The smallest absolute Gasteiger partial charge is 0.162 e. The highest BCUT2D eigenvalue weighted by molar-refractivity contribution is 5.45. The van der Waals surface area contributed by atoms with Crippen molar-refractivity contribution in [3.8, 4) is 0 Å². The van der Waals surface area contributed by atoms with Gasteiger partial charge in [0.05, 0.1) is 0 Å². The van der Waals surface area contributed by atoms with E-state index in [0.29, 0.717) is 0 Å². The predicted molar refractivity (Wildman–Crippen MR) is 77.4 cm³/mol. The van der Waals surface area contributed by atoms with Crippen LogP contribution in [0.3, 0.4) is 0 Å². The van der Waals surface area contributed by atoms with Crippen molar-refractivity contribution in [2.75, 3.05) is 18.5 Å². The maximum absolute atomic E-state index is 5.95. The second-order valence-electron chi connectivity index (χ2n) is 5.57. The molecule has 1 unspecified atom stereocenters. The Hall–Kier alpha value is -1.16. The summed E-state index contributed by atoms with van der Waals surface area (Å²) in [4.78, 5) is 9.38. The van der Waals surface area contributed by atoms with Gasteiger partial charge in [0.1, 0.15) is 11.4 Å². The van der Waals surface area contributed by atoms with Crippen LogP contribution in [0.15, 0.2) is 0 Å². The molecule has 1 aliphatic rings. The lowest BCUT2D eigenvalue weighted by Gasteiger charge is -2.33. The average molecular weight is 263 g/mol. The van der Waals surface area contributed by atoms with Gasteiger partial charge in [0.2, 0.25) is 0 Å². The molecule has 2 rings (SSSR count). The molecule has 1 saturated heterocycles. The van der Waals surface area contributed by atoms with Crippen LogP contribution in [0.2, 0.25) is 0 Å². The van der Waals surface area contributed by atoms with Crippen molar-refractivity contribution in [1.29, 1.82) is 0 Å². The zero-order valence-corrected chi connectivity index (χ0v) is 12.5. The topological polar surface area (TPSA) is 47.0 Å². The van der Waals surface area contributed by atoms with Gasteiger partial charge in [0.15, 0.2) is 5.82 Å². The van der Waals surface area contributed by atoms with Crippen LogP contribution in [0.1, 0.15) is 56.6 Å². The Kier molecular flexibility index (Phi) is 4.40. The van der Waals surface area contributed by atoms with Crippen molar-refractivity contribution in [3.63, 3.8) is 0 Å². The summed E-state index contributed by atoms with van der Waals surface area (Å²) in [7, 11) is 0. The number of nitrogens with zero attached hydrogens (tertiary/aromatic N) is 2. The fourth-order valence-corrected chi connectivity index (χ4v) is 2.39. The fourth-order valence-electron chi connectivity index (χ4n) is 2.39. The molecule has 0 amide bonds. The highest BCUT2D eigenvalue weighted by Gasteiger charge is 2.33. The Morgan fingerprint density at radius 2 is 2.05 bits per heavy atom. The molecule has 2 heterocycles. The zero-order chi connectivity index (χ0) is 13.9. The van der Waals surface area contributed by atoms with Crippen LogP contribution < -0.4 is 5.32 Å². The number of hydrogen-bond donors (Lipinski definition) is 1. The molecular formula is C15H25N3O. The van der Waals surface area contributed by atoms with Gasteiger partial charge in [-0.1, -0.05) is 6.92 Å². The van der Waals surface area contributed by atoms with Crippen molar-refractivity contribution >= 4 is 5.82 Å². The predicted octanol–water partition coefficient (Wildman–Crippen LogP) is 3.33. The van der Waals surface area contributed by atoms with Crippen molar-refractivity contribution in [2.24, 2.45) is 0 Å². The van der Waals surface area contributed by atoms with E-state index in [4.69, 9.17) is 9.72 Å². The minimum Gasteiger partial charge on any atom is -0.370 e. The van der Waals surface area contributed by atoms with E-state index in [2.05, 4.69) is 31.1 Å². The monoisotopic (exact) mass is 263 g/mol. The summed E-state index contributed by atoms with van der Waals surface area (Å²) in [6.45, 7) is 10.1. The first-order valence-corrected chi connectivity index (χ1v) is 7.30. The normalized spacial score (nSPS) is 23.4. The third kappa shape index (κ3) is 3.06. The molecule has 19 heavy (non-hydrogen) atoms. The minimum absolute atomic E-state index is 0.320. The number of aryl methyl sites for hydroxylation is 1. The first-order valence-electron chi connectivity index (χ1n) is 7.30. The van der Waals surface area contributed by atoms with Gasteiger partial charge in [-0.15, -0.1) is 0 Å². The molecule has 0 saturated carbocycles. The van der Waals surface area contributed by atoms with Crippen molar-refractivity contribution in [1.82, 2.24) is 9.97 Å². The van der Waals surface area contributed by atoms with Gasteiger partial charge in [0.25, 0.3) is 0 Å². The quantitative estimate of drug-likeness (QED) is 0.905. The van der Waals surface area contributed by atoms with Gasteiger partial charge in [-0.2, -0.15) is 0 Å². The van der Waals surface area contributed by atoms with Gasteiger partial charge in [-0.25, -0.2) is 9.97 Å². The SMILES string of the molecule is CCCNc1nc(C2(C)CCCCO2)nc(C)c1C. The summed E-state index contributed by atoms with van der Waals surface area (Å²) in [5.41, 5.74) is 1.86. The lowest BCUT2D eigenvalue weighted by molar-refractivity contribution is -0.0760. The number of rotatable bonds is 4. The third-order valence-electron chi connectivity index (χ3n) is 3.87. The molecule has 1 aromatic rings. The maximum Gasteiger partial charge on any atom is 0.162 e. The maximum atomic E-state index is 5.95. The van der Waals surface area contributed by atoms with Crippen molar-refractivity contribution in [3.05, 3.63) is 17.1 Å². The van der Waals surface area contributed by atoms with E-state index in [1.807, 2.05) is 6.92 Å². The summed E-state index contributed by atoms with van der Waals surface area (Å²) in [6, 6.07) is 0. The Labute approximate surface area is 116 Å². The molecule has 0 spiro atoms. The van der Waals surface area contributed by atoms with Gasteiger partial charge >= 0.3 is 0 Å². The van der Waals surface area contributed by atoms with E-state index < -0.39 is 0 Å². The summed E-state index contributed by atoms with van der Waals surface area (Å²) >= 11 is 0. The first-order chi connectivity index (χ1) is 9.07. The van der Waals surface area contributed by atoms with E-state index in [0.717, 1.165) is 55.3 Å². The number of nitrogens with one attached hydrogen (secondary N) is 1. The molecule has 0 aromatic carbocycles. The Morgan fingerprint density at radius 3 is 2.68 bits per heavy atom. The molecule has 1 aromatic heterocycles. The number of aromatic nitrogens is 2. The minimum atomic E-state index is -0.320. The molecule has 0 aliphatic carbocycles. The molecule has 1 atom stereocenters. The highest BCUT2D eigenvalue weighted by atomic mass is 16.5. The molecule has 1 fully saturated rings.